The van der Waals surface area contributed by atoms with Gasteiger partial charge in [-0.3, -0.25) is 4.99 Å². The first-order valence-electron chi connectivity index (χ1n) is 9.57. The van der Waals surface area contributed by atoms with Gasteiger partial charge in [0.05, 0.1) is 20.8 Å². The smallest absolute Gasteiger partial charge is 0.191 e. The number of nitrogens with one attached hydrogen (secondary N) is 2. The maximum absolute atomic E-state index is 5.64. The summed E-state index contributed by atoms with van der Waals surface area (Å²) in [4.78, 5) is 4.28. The van der Waals surface area contributed by atoms with Gasteiger partial charge < -0.3 is 24.8 Å². The molecule has 0 unspecified atom stereocenters. The molecule has 0 aliphatic heterocycles. The molecule has 0 spiro atoms. The Labute approximate surface area is 167 Å². The van der Waals surface area contributed by atoms with Crippen LogP contribution in [0.1, 0.15) is 24.5 Å². The quantitative estimate of drug-likeness (QED) is 0.373. The van der Waals surface area contributed by atoms with Gasteiger partial charge in [0.15, 0.2) is 17.5 Å². The van der Waals surface area contributed by atoms with E-state index in [1.165, 1.54) is 11.1 Å². The first-order valence-corrected chi connectivity index (χ1v) is 9.57. The normalized spacial score (nSPS) is 11.1. The molecule has 0 fully saturated rings. The van der Waals surface area contributed by atoms with Crippen LogP contribution in [0.4, 0.5) is 0 Å². The molecule has 28 heavy (non-hydrogen) atoms. The highest BCUT2D eigenvalue weighted by Gasteiger charge is 2.05. The van der Waals surface area contributed by atoms with Gasteiger partial charge in [-0.2, -0.15) is 0 Å². The van der Waals surface area contributed by atoms with Gasteiger partial charge in [0.2, 0.25) is 0 Å². The SMILES string of the molecule is CCOc1cc(CCCNC(=NC)NCc2ccc(OC)cc2)ccc1OC. The summed E-state index contributed by atoms with van der Waals surface area (Å²) in [7, 11) is 5.11. The van der Waals surface area contributed by atoms with Gasteiger partial charge in [0.25, 0.3) is 0 Å². The molecule has 0 saturated heterocycles. The molecule has 2 aromatic rings. The van der Waals surface area contributed by atoms with Crippen LogP contribution in [0.15, 0.2) is 47.5 Å². The Morgan fingerprint density at radius 2 is 1.68 bits per heavy atom. The van der Waals surface area contributed by atoms with Crippen LogP contribution in [0.3, 0.4) is 0 Å². The standard InChI is InChI=1S/C22H31N3O3/c1-5-28-21-15-17(10-13-20(21)27-4)7-6-14-24-22(23-2)25-16-18-8-11-19(26-3)12-9-18/h8-13,15H,5-7,14,16H2,1-4H3,(H2,23,24,25). The molecule has 0 aromatic heterocycles. The van der Waals surface area contributed by atoms with Crippen LogP contribution < -0.4 is 24.8 Å². The van der Waals surface area contributed by atoms with Crippen LogP contribution in [0.5, 0.6) is 17.2 Å². The molecule has 0 heterocycles. The molecule has 6 nitrogen and oxygen atoms in total. The second-order valence-electron chi connectivity index (χ2n) is 6.22. The van der Waals surface area contributed by atoms with Crippen molar-refractivity contribution in [3.63, 3.8) is 0 Å². The number of methoxy groups -OCH3 is 2. The van der Waals surface area contributed by atoms with Crippen molar-refractivity contribution in [1.29, 1.82) is 0 Å². The van der Waals surface area contributed by atoms with Crippen molar-refractivity contribution >= 4 is 5.96 Å². The molecule has 0 aliphatic rings. The summed E-state index contributed by atoms with van der Waals surface area (Å²) in [6, 6.07) is 14.1. The Bertz CT molecular complexity index is 745. The summed E-state index contributed by atoms with van der Waals surface area (Å²) >= 11 is 0. The lowest BCUT2D eigenvalue weighted by atomic mass is 10.1. The lowest BCUT2D eigenvalue weighted by Crippen LogP contribution is -2.37. The molecule has 0 amide bonds. The number of ether oxygens (including phenoxy) is 3. The third-order valence-corrected chi connectivity index (χ3v) is 4.31. The molecular weight excluding hydrogens is 354 g/mol. The van der Waals surface area contributed by atoms with Crippen molar-refractivity contribution in [3.8, 4) is 17.2 Å². The second kappa shape index (κ2) is 11.7. The highest BCUT2D eigenvalue weighted by atomic mass is 16.5. The van der Waals surface area contributed by atoms with Crippen molar-refractivity contribution in [2.45, 2.75) is 26.3 Å². The fourth-order valence-electron chi connectivity index (χ4n) is 2.79. The summed E-state index contributed by atoms with van der Waals surface area (Å²) in [5.74, 6) is 3.22. The molecular formula is C22H31N3O3. The largest absolute Gasteiger partial charge is 0.497 e. The number of guanidine groups is 1. The molecule has 2 aromatic carbocycles. The van der Waals surface area contributed by atoms with Gasteiger partial charge in [-0.15, -0.1) is 0 Å². The first-order chi connectivity index (χ1) is 13.7. The third-order valence-electron chi connectivity index (χ3n) is 4.31. The van der Waals surface area contributed by atoms with Gasteiger partial charge in [0.1, 0.15) is 5.75 Å². The van der Waals surface area contributed by atoms with Crippen LogP contribution in [-0.2, 0) is 13.0 Å². The number of nitrogens with zero attached hydrogens (tertiary/aromatic N) is 1. The second-order valence-corrected chi connectivity index (χ2v) is 6.22. The minimum Gasteiger partial charge on any atom is -0.497 e. The highest BCUT2D eigenvalue weighted by molar-refractivity contribution is 5.79. The fraction of sp³-hybridized carbons (Fsp3) is 0.409. The third kappa shape index (κ3) is 6.68. The van der Waals surface area contributed by atoms with E-state index in [1.807, 2.05) is 37.3 Å². The van der Waals surface area contributed by atoms with E-state index >= 15 is 0 Å². The zero-order chi connectivity index (χ0) is 20.2. The van der Waals surface area contributed by atoms with Gasteiger partial charge in [-0.1, -0.05) is 18.2 Å². The Kier molecular flexibility index (Phi) is 8.98. The zero-order valence-electron chi connectivity index (χ0n) is 17.2. The van der Waals surface area contributed by atoms with Gasteiger partial charge in [-0.25, -0.2) is 0 Å². The average molecular weight is 386 g/mol. The van der Waals surface area contributed by atoms with Gasteiger partial charge in [-0.05, 0) is 55.2 Å². The number of rotatable bonds is 10. The molecule has 0 atom stereocenters. The van der Waals surface area contributed by atoms with Crippen molar-refractivity contribution in [2.75, 3.05) is 34.4 Å². The minimum absolute atomic E-state index is 0.623. The van der Waals surface area contributed by atoms with Crippen LogP contribution >= 0.6 is 0 Å². The molecule has 0 bridgehead atoms. The van der Waals surface area contributed by atoms with Crippen LogP contribution in [0, 0.1) is 0 Å². The molecule has 152 valence electrons. The summed E-state index contributed by atoms with van der Waals surface area (Å²) in [6.07, 6.45) is 1.94. The molecule has 2 N–H and O–H groups in total. The lowest BCUT2D eigenvalue weighted by Gasteiger charge is -2.13. The van der Waals surface area contributed by atoms with Crippen LogP contribution in [-0.4, -0.2) is 40.4 Å². The van der Waals surface area contributed by atoms with E-state index in [1.54, 1.807) is 21.3 Å². The summed E-state index contributed by atoms with van der Waals surface area (Å²) in [5.41, 5.74) is 2.40. The average Bonchev–Trinajstić information content (AvgIpc) is 2.74. The molecule has 0 saturated carbocycles. The van der Waals surface area contributed by atoms with E-state index in [4.69, 9.17) is 14.2 Å². The maximum atomic E-state index is 5.64. The summed E-state index contributed by atoms with van der Waals surface area (Å²) < 4.78 is 16.2. The maximum Gasteiger partial charge on any atom is 0.191 e. The monoisotopic (exact) mass is 385 g/mol. The number of hydrogen-bond donors (Lipinski definition) is 2. The van der Waals surface area contributed by atoms with Gasteiger partial charge >= 0.3 is 0 Å². The predicted molar refractivity (Wildman–Crippen MR) is 114 cm³/mol. The van der Waals surface area contributed by atoms with Gasteiger partial charge in [0, 0.05) is 20.1 Å². The first kappa shape index (κ1) is 21.4. The Morgan fingerprint density at radius 1 is 0.929 bits per heavy atom. The van der Waals surface area contributed by atoms with E-state index < -0.39 is 0 Å². The zero-order valence-corrected chi connectivity index (χ0v) is 17.2. The topological polar surface area (TPSA) is 64.1 Å². The molecule has 0 radical (unpaired) electrons. The van der Waals surface area contributed by atoms with Crippen molar-refractivity contribution in [3.05, 3.63) is 53.6 Å². The van der Waals surface area contributed by atoms with Crippen molar-refractivity contribution in [2.24, 2.45) is 4.99 Å². The fourth-order valence-corrected chi connectivity index (χ4v) is 2.79. The minimum atomic E-state index is 0.623. The van der Waals surface area contributed by atoms with Crippen molar-refractivity contribution in [1.82, 2.24) is 10.6 Å². The highest BCUT2D eigenvalue weighted by Crippen LogP contribution is 2.28. The lowest BCUT2D eigenvalue weighted by molar-refractivity contribution is 0.310. The molecule has 0 aliphatic carbocycles. The number of hydrogen-bond acceptors (Lipinski definition) is 4. The van der Waals surface area contributed by atoms with Crippen LogP contribution in [0.25, 0.3) is 0 Å². The predicted octanol–water partition coefficient (Wildman–Crippen LogP) is 3.40. The summed E-state index contributed by atoms with van der Waals surface area (Å²) in [5, 5.41) is 6.68. The summed E-state index contributed by atoms with van der Waals surface area (Å²) in [6.45, 7) is 4.14. The number of benzene rings is 2. The number of aryl methyl sites for hydroxylation is 1. The Hall–Kier alpha value is -2.89. The Balaban J connectivity index is 1.75. The molecule has 2 rings (SSSR count). The van der Waals surface area contributed by atoms with E-state index in [0.717, 1.165) is 42.6 Å². The Morgan fingerprint density at radius 3 is 2.32 bits per heavy atom. The van der Waals surface area contributed by atoms with E-state index in [2.05, 4.69) is 27.8 Å². The van der Waals surface area contributed by atoms with Crippen molar-refractivity contribution < 1.29 is 14.2 Å². The van der Waals surface area contributed by atoms with E-state index in [9.17, 15) is 0 Å². The molecule has 6 heteroatoms. The number of aliphatic imine (C=N–C) groups is 1. The van der Waals surface area contributed by atoms with E-state index in [-0.39, 0.29) is 0 Å². The van der Waals surface area contributed by atoms with Crippen LogP contribution in [0.2, 0.25) is 0 Å². The van der Waals surface area contributed by atoms with E-state index in [0.29, 0.717) is 13.2 Å².